The number of hydrogen-bond acceptors (Lipinski definition) is 2. The smallest absolute Gasteiger partial charge is 0.195 e. The highest BCUT2D eigenvalue weighted by molar-refractivity contribution is 4.83. The summed E-state index contributed by atoms with van der Waals surface area (Å²) in [5.41, 5.74) is 0. The van der Waals surface area contributed by atoms with Gasteiger partial charge in [-0.05, 0) is 6.42 Å². The van der Waals surface area contributed by atoms with Crippen LogP contribution < -0.4 is 0 Å². The highest BCUT2D eigenvalue weighted by Crippen LogP contribution is 2.47. The first-order valence-electron chi connectivity index (χ1n) is 2.28. The van der Waals surface area contributed by atoms with Crippen LogP contribution in [0.5, 0.6) is 0 Å². The molecule has 2 nitrogen and oxygen atoms in total. The maximum Gasteiger partial charge on any atom is 0.234 e. The molecule has 1 aliphatic heterocycles. The SMILES string of the molecule is C1CC2(C1)OO2. The summed E-state index contributed by atoms with van der Waals surface area (Å²) in [6.07, 6.45) is 3.51. The van der Waals surface area contributed by atoms with Gasteiger partial charge in [0.15, 0.2) is 0 Å². The van der Waals surface area contributed by atoms with Crippen molar-refractivity contribution in [3.8, 4) is 0 Å². The van der Waals surface area contributed by atoms with Crippen molar-refractivity contribution in [3.05, 3.63) is 0 Å². The summed E-state index contributed by atoms with van der Waals surface area (Å²) in [7, 11) is 0. The molecule has 6 heavy (non-hydrogen) atoms. The van der Waals surface area contributed by atoms with E-state index in [2.05, 4.69) is 9.78 Å². The van der Waals surface area contributed by atoms with Gasteiger partial charge in [0.1, 0.15) is 0 Å². The minimum absolute atomic E-state index is 0.0278. The number of rotatable bonds is 0. The Labute approximate surface area is 36.0 Å². The van der Waals surface area contributed by atoms with Crippen molar-refractivity contribution in [2.45, 2.75) is 25.0 Å². The van der Waals surface area contributed by atoms with Crippen LogP contribution in [-0.4, -0.2) is 5.79 Å². The molecular weight excluding hydrogens is 80.0 g/mol. The van der Waals surface area contributed by atoms with E-state index >= 15 is 0 Å². The highest BCUT2D eigenvalue weighted by Gasteiger charge is 2.54. The van der Waals surface area contributed by atoms with Crippen LogP contribution in [0, 0.1) is 0 Å². The lowest BCUT2D eigenvalue weighted by molar-refractivity contribution is 0.0850. The molecule has 0 aromatic rings. The van der Waals surface area contributed by atoms with Gasteiger partial charge < -0.3 is 0 Å². The quantitative estimate of drug-likeness (QED) is 0.322. The van der Waals surface area contributed by atoms with E-state index in [9.17, 15) is 0 Å². The van der Waals surface area contributed by atoms with Crippen LogP contribution in [0.15, 0.2) is 0 Å². The lowest BCUT2D eigenvalue weighted by Crippen LogP contribution is -2.19. The Bertz CT molecular complexity index is 69.6. The fourth-order valence-electron chi connectivity index (χ4n) is 0.691. The molecule has 0 unspecified atom stereocenters. The van der Waals surface area contributed by atoms with Crippen molar-refractivity contribution in [2.75, 3.05) is 0 Å². The van der Waals surface area contributed by atoms with Gasteiger partial charge in [-0.25, -0.2) is 0 Å². The Hall–Kier alpha value is -0.0800. The normalized spacial score (nSPS) is 36.0. The third-order valence-corrected chi connectivity index (χ3v) is 1.43. The van der Waals surface area contributed by atoms with Gasteiger partial charge in [0.25, 0.3) is 0 Å². The summed E-state index contributed by atoms with van der Waals surface area (Å²) in [6, 6.07) is 0. The van der Waals surface area contributed by atoms with E-state index in [0.29, 0.717) is 0 Å². The Morgan fingerprint density at radius 3 is 1.83 bits per heavy atom. The molecule has 0 aromatic heterocycles. The second kappa shape index (κ2) is 0.634. The molecule has 1 aliphatic carbocycles. The van der Waals surface area contributed by atoms with E-state index in [1.165, 1.54) is 6.42 Å². The summed E-state index contributed by atoms with van der Waals surface area (Å²) in [5.74, 6) is -0.0278. The van der Waals surface area contributed by atoms with Crippen LogP contribution in [0.25, 0.3) is 0 Å². The average molecular weight is 86.1 g/mol. The molecule has 0 aromatic carbocycles. The Morgan fingerprint density at radius 1 is 1.17 bits per heavy atom. The van der Waals surface area contributed by atoms with E-state index in [0.717, 1.165) is 12.8 Å². The maximum absolute atomic E-state index is 4.63. The van der Waals surface area contributed by atoms with Gasteiger partial charge in [-0.3, -0.25) is 0 Å². The highest BCUT2D eigenvalue weighted by atomic mass is 17.4. The van der Waals surface area contributed by atoms with Crippen LogP contribution in [0.4, 0.5) is 0 Å². The molecule has 1 spiro atoms. The van der Waals surface area contributed by atoms with Crippen LogP contribution in [0.3, 0.4) is 0 Å². The molecule has 1 saturated heterocycles. The van der Waals surface area contributed by atoms with Gasteiger partial charge in [-0.1, -0.05) is 0 Å². The fourth-order valence-corrected chi connectivity index (χ4v) is 0.691. The molecule has 1 saturated carbocycles. The second-order valence-electron chi connectivity index (χ2n) is 1.93. The molecule has 2 aliphatic rings. The number of hydrogen-bond donors (Lipinski definition) is 0. The predicted octanol–water partition coefficient (Wildman–Crippen LogP) is 0.828. The van der Waals surface area contributed by atoms with Crippen LogP contribution in [0.2, 0.25) is 0 Å². The summed E-state index contributed by atoms with van der Waals surface area (Å²) in [5, 5.41) is 0. The Balaban J connectivity index is 2.09. The minimum Gasteiger partial charge on any atom is -0.195 e. The van der Waals surface area contributed by atoms with Gasteiger partial charge in [-0.2, -0.15) is 9.78 Å². The predicted molar refractivity (Wildman–Crippen MR) is 18.8 cm³/mol. The third-order valence-electron chi connectivity index (χ3n) is 1.43. The van der Waals surface area contributed by atoms with Gasteiger partial charge in [0.2, 0.25) is 5.79 Å². The van der Waals surface area contributed by atoms with Gasteiger partial charge in [-0.15, -0.1) is 0 Å². The Kier molecular flexibility index (Phi) is 0.316. The molecule has 34 valence electrons. The maximum atomic E-state index is 4.63. The molecule has 1 heterocycles. The van der Waals surface area contributed by atoms with Crippen molar-refractivity contribution < 1.29 is 9.78 Å². The fraction of sp³-hybridized carbons (Fsp3) is 1.00. The summed E-state index contributed by atoms with van der Waals surface area (Å²) in [6.45, 7) is 0. The van der Waals surface area contributed by atoms with Crippen molar-refractivity contribution in [2.24, 2.45) is 0 Å². The van der Waals surface area contributed by atoms with E-state index < -0.39 is 0 Å². The van der Waals surface area contributed by atoms with Crippen molar-refractivity contribution in [1.29, 1.82) is 0 Å². The molecule has 0 bridgehead atoms. The largest absolute Gasteiger partial charge is 0.234 e. The lowest BCUT2D eigenvalue weighted by Gasteiger charge is -2.13. The third kappa shape index (κ3) is 0.200. The average Bonchev–Trinajstić information content (AvgIpc) is 2.02. The molecule has 0 atom stereocenters. The molecule has 0 N–H and O–H groups in total. The van der Waals surface area contributed by atoms with Gasteiger partial charge in [0.05, 0.1) is 0 Å². The molecular formula is C4H6O2. The first kappa shape index (κ1) is 2.99. The van der Waals surface area contributed by atoms with Crippen LogP contribution in [0.1, 0.15) is 19.3 Å². The van der Waals surface area contributed by atoms with Crippen molar-refractivity contribution >= 4 is 0 Å². The minimum atomic E-state index is -0.0278. The zero-order valence-electron chi connectivity index (χ0n) is 3.44. The first-order valence-corrected chi connectivity index (χ1v) is 2.28. The molecule has 0 amide bonds. The molecule has 2 rings (SSSR count). The first-order chi connectivity index (χ1) is 2.91. The summed E-state index contributed by atoms with van der Waals surface area (Å²) >= 11 is 0. The van der Waals surface area contributed by atoms with Crippen molar-refractivity contribution in [1.82, 2.24) is 0 Å². The second-order valence-corrected chi connectivity index (χ2v) is 1.93. The van der Waals surface area contributed by atoms with Crippen LogP contribution >= 0.6 is 0 Å². The molecule has 2 fully saturated rings. The lowest BCUT2D eigenvalue weighted by atomic mass is 9.93. The zero-order chi connectivity index (χ0) is 4.04. The molecule has 0 radical (unpaired) electrons. The Morgan fingerprint density at radius 2 is 1.83 bits per heavy atom. The standard InChI is InChI=1S/C4H6O2/c1-2-4(3-1)5-6-4/h1-3H2. The van der Waals surface area contributed by atoms with E-state index in [1.54, 1.807) is 0 Å². The van der Waals surface area contributed by atoms with E-state index in [4.69, 9.17) is 0 Å². The van der Waals surface area contributed by atoms with Gasteiger partial charge in [0, 0.05) is 12.8 Å². The van der Waals surface area contributed by atoms with Crippen LogP contribution in [-0.2, 0) is 9.78 Å². The van der Waals surface area contributed by atoms with E-state index in [-0.39, 0.29) is 5.79 Å². The monoisotopic (exact) mass is 86.0 g/mol. The summed E-state index contributed by atoms with van der Waals surface area (Å²) in [4.78, 5) is 9.26. The topological polar surface area (TPSA) is 25.1 Å². The van der Waals surface area contributed by atoms with Crippen molar-refractivity contribution in [3.63, 3.8) is 0 Å². The van der Waals surface area contributed by atoms with E-state index in [1.807, 2.05) is 0 Å². The van der Waals surface area contributed by atoms with Gasteiger partial charge >= 0.3 is 0 Å². The zero-order valence-corrected chi connectivity index (χ0v) is 3.44. The summed E-state index contributed by atoms with van der Waals surface area (Å²) < 4.78 is 0. The molecule has 2 heteroatoms.